The molecule has 1 aromatic carbocycles. The summed E-state index contributed by atoms with van der Waals surface area (Å²) in [5.41, 5.74) is 1.45. The van der Waals surface area contributed by atoms with Crippen molar-refractivity contribution in [3.8, 4) is 0 Å². The van der Waals surface area contributed by atoms with Crippen LogP contribution in [-0.2, 0) is 6.42 Å². The van der Waals surface area contributed by atoms with Crippen LogP contribution in [0.4, 0.5) is 0 Å². The van der Waals surface area contributed by atoms with E-state index in [1.807, 2.05) is 0 Å². The van der Waals surface area contributed by atoms with Gasteiger partial charge in [-0.3, -0.25) is 0 Å². The number of hydrogen-bond donors (Lipinski definition) is 0. The van der Waals surface area contributed by atoms with Gasteiger partial charge in [-0.05, 0) is 43.6 Å². The van der Waals surface area contributed by atoms with Crippen LogP contribution in [0.5, 0.6) is 0 Å². The highest BCUT2D eigenvalue weighted by Crippen LogP contribution is 2.12. The molecule has 0 amide bonds. The second-order valence-corrected chi connectivity index (χ2v) is 5.92. The second kappa shape index (κ2) is 7.27. The number of aryl methyl sites for hydroxylation is 1. The molecule has 18 heavy (non-hydrogen) atoms. The Balaban J connectivity index is 1.65. The quantitative estimate of drug-likeness (QED) is 0.825. The Morgan fingerprint density at radius 1 is 1.00 bits per heavy atom. The van der Waals surface area contributed by atoms with Crippen LogP contribution in [0.2, 0.25) is 0 Å². The predicted octanol–water partition coefficient (Wildman–Crippen LogP) is 3.02. The summed E-state index contributed by atoms with van der Waals surface area (Å²) in [7, 11) is 0. The molecule has 100 valence electrons. The van der Waals surface area contributed by atoms with E-state index in [0.29, 0.717) is 0 Å². The van der Waals surface area contributed by atoms with Crippen LogP contribution in [0.25, 0.3) is 0 Å². The minimum atomic E-state index is 1.17. The van der Waals surface area contributed by atoms with E-state index in [1.54, 1.807) is 0 Å². The first-order chi connectivity index (χ1) is 8.78. The number of rotatable bonds is 5. The molecular weight excluding hydrogens is 288 g/mol. The Morgan fingerprint density at radius 2 is 1.61 bits per heavy atom. The Labute approximate surface area is 119 Å². The molecule has 1 fully saturated rings. The maximum absolute atomic E-state index is 3.48. The van der Waals surface area contributed by atoms with Gasteiger partial charge in [0.15, 0.2) is 0 Å². The predicted molar refractivity (Wildman–Crippen MR) is 81.0 cm³/mol. The van der Waals surface area contributed by atoms with E-state index in [4.69, 9.17) is 0 Å². The molecule has 0 spiro atoms. The zero-order chi connectivity index (χ0) is 12.8. The lowest BCUT2D eigenvalue weighted by molar-refractivity contribution is 0.136. The third-order valence-corrected chi connectivity index (χ3v) is 4.29. The van der Waals surface area contributed by atoms with Gasteiger partial charge in [-0.25, -0.2) is 0 Å². The van der Waals surface area contributed by atoms with Crippen LogP contribution in [0, 0.1) is 0 Å². The lowest BCUT2D eigenvalue weighted by Gasteiger charge is -2.33. The molecule has 3 heteroatoms. The average Bonchev–Trinajstić information content (AvgIpc) is 2.42. The third kappa shape index (κ3) is 4.38. The van der Waals surface area contributed by atoms with Crippen molar-refractivity contribution in [2.75, 3.05) is 39.3 Å². The Morgan fingerprint density at radius 3 is 2.22 bits per heavy atom. The fourth-order valence-corrected chi connectivity index (χ4v) is 2.75. The van der Waals surface area contributed by atoms with Gasteiger partial charge >= 0.3 is 0 Å². The number of likely N-dealkylation sites (N-methyl/N-ethyl adjacent to an activating group) is 1. The standard InChI is InChI=1S/C15H23BrN2/c1-2-17-10-12-18(13-11-17)9-3-4-14-5-7-15(16)8-6-14/h5-8H,2-4,9-13H2,1H3. The van der Waals surface area contributed by atoms with E-state index < -0.39 is 0 Å². The van der Waals surface area contributed by atoms with Gasteiger partial charge in [-0.2, -0.15) is 0 Å². The Bertz CT molecular complexity index is 342. The highest BCUT2D eigenvalue weighted by Gasteiger charge is 2.14. The molecule has 1 aliphatic rings. The monoisotopic (exact) mass is 310 g/mol. The summed E-state index contributed by atoms with van der Waals surface area (Å²) in [4.78, 5) is 5.14. The smallest absolute Gasteiger partial charge is 0.0175 e. The fourth-order valence-electron chi connectivity index (χ4n) is 2.49. The van der Waals surface area contributed by atoms with Gasteiger partial charge in [-0.1, -0.05) is 35.0 Å². The molecule has 0 aromatic heterocycles. The molecule has 0 bridgehead atoms. The van der Waals surface area contributed by atoms with Gasteiger partial charge in [0.25, 0.3) is 0 Å². The first-order valence-corrected chi connectivity index (χ1v) is 7.76. The van der Waals surface area contributed by atoms with Crippen LogP contribution >= 0.6 is 15.9 Å². The fraction of sp³-hybridized carbons (Fsp3) is 0.600. The maximum Gasteiger partial charge on any atom is 0.0175 e. The molecule has 0 N–H and O–H groups in total. The maximum atomic E-state index is 3.48. The van der Waals surface area contributed by atoms with Crippen molar-refractivity contribution in [2.45, 2.75) is 19.8 Å². The molecule has 1 heterocycles. The lowest BCUT2D eigenvalue weighted by Crippen LogP contribution is -2.46. The molecule has 0 atom stereocenters. The molecule has 0 aliphatic carbocycles. The van der Waals surface area contributed by atoms with Crippen LogP contribution in [0.15, 0.2) is 28.7 Å². The first-order valence-electron chi connectivity index (χ1n) is 6.97. The van der Waals surface area contributed by atoms with Crippen molar-refractivity contribution in [1.29, 1.82) is 0 Å². The summed E-state index contributed by atoms with van der Waals surface area (Å²) in [5.74, 6) is 0. The van der Waals surface area contributed by atoms with E-state index in [1.165, 1.54) is 62.1 Å². The molecule has 1 aromatic rings. The molecule has 1 saturated heterocycles. The number of nitrogens with zero attached hydrogens (tertiary/aromatic N) is 2. The largest absolute Gasteiger partial charge is 0.301 e. The van der Waals surface area contributed by atoms with Crippen molar-refractivity contribution < 1.29 is 0 Å². The van der Waals surface area contributed by atoms with Gasteiger partial charge in [-0.15, -0.1) is 0 Å². The summed E-state index contributed by atoms with van der Waals surface area (Å²) in [6.07, 6.45) is 2.47. The molecule has 0 unspecified atom stereocenters. The van der Waals surface area contributed by atoms with E-state index >= 15 is 0 Å². The SMILES string of the molecule is CCN1CCN(CCCc2ccc(Br)cc2)CC1. The van der Waals surface area contributed by atoms with Gasteiger partial charge < -0.3 is 9.80 Å². The summed E-state index contributed by atoms with van der Waals surface area (Å²) in [6, 6.07) is 8.71. The van der Waals surface area contributed by atoms with Crippen molar-refractivity contribution >= 4 is 15.9 Å². The van der Waals surface area contributed by atoms with Gasteiger partial charge in [0.2, 0.25) is 0 Å². The summed E-state index contributed by atoms with van der Waals surface area (Å²) < 4.78 is 1.17. The van der Waals surface area contributed by atoms with Gasteiger partial charge in [0, 0.05) is 30.7 Å². The molecule has 0 saturated carbocycles. The number of piperazine rings is 1. The highest BCUT2D eigenvalue weighted by molar-refractivity contribution is 9.10. The second-order valence-electron chi connectivity index (χ2n) is 5.01. The highest BCUT2D eigenvalue weighted by atomic mass is 79.9. The number of hydrogen-bond acceptors (Lipinski definition) is 2. The normalized spacial score (nSPS) is 18.1. The van der Waals surface area contributed by atoms with Gasteiger partial charge in [0.05, 0.1) is 0 Å². The molecule has 2 nitrogen and oxygen atoms in total. The van der Waals surface area contributed by atoms with E-state index in [2.05, 4.69) is 56.9 Å². The Hall–Kier alpha value is -0.380. The average molecular weight is 311 g/mol. The summed E-state index contributed by atoms with van der Waals surface area (Å²) in [6.45, 7) is 9.68. The zero-order valence-electron chi connectivity index (χ0n) is 11.2. The molecule has 1 aliphatic heterocycles. The summed E-state index contributed by atoms with van der Waals surface area (Å²) in [5, 5.41) is 0. The van der Waals surface area contributed by atoms with Crippen molar-refractivity contribution in [2.24, 2.45) is 0 Å². The minimum Gasteiger partial charge on any atom is -0.301 e. The summed E-state index contributed by atoms with van der Waals surface area (Å²) >= 11 is 3.48. The van der Waals surface area contributed by atoms with Crippen molar-refractivity contribution in [1.82, 2.24) is 9.80 Å². The first kappa shape index (κ1) is 14.0. The van der Waals surface area contributed by atoms with Crippen LogP contribution in [0.3, 0.4) is 0 Å². The lowest BCUT2D eigenvalue weighted by atomic mass is 10.1. The van der Waals surface area contributed by atoms with Crippen LogP contribution in [-0.4, -0.2) is 49.1 Å². The van der Waals surface area contributed by atoms with E-state index in [9.17, 15) is 0 Å². The zero-order valence-corrected chi connectivity index (χ0v) is 12.8. The molecule has 0 radical (unpaired) electrons. The number of halogens is 1. The van der Waals surface area contributed by atoms with E-state index in [-0.39, 0.29) is 0 Å². The van der Waals surface area contributed by atoms with Crippen LogP contribution in [0.1, 0.15) is 18.9 Å². The van der Waals surface area contributed by atoms with Crippen molar-refractivity contribution in [3.63, 3.8) is 0 Å². The minimum absolute atomic E-state index is 1.17. The molecular formula is C15H23BrN2. The van der Waals surface area contributed by atoms with Crippen LogP contribution < -0.4 is 0 Å². The molecule has 2 rings (SSSR count). The Kier molecular flexibility index (Phi) is 5.67. The van der Waals surface area contributed by atoms with Gasteiger partial charge in [0.1, 0.15) is 0 Å². The van der Waals surface area contributed by atoms with E-state index in [0.717, 1.165) is 0 Å². The van der Waals surface area contributed by atoms with Crippen molar-refractivity contribution in [3.05, 3.63) is 34.3 Å². The number of benzene rings is 1. The topological polar surface area (TPSA) is 6.48 Å². The third-order valence-electron chi connectivity index (χ3n) is 3.77.